The van der Waals surface area contributed by atoms with Crippen LogP contribution in [0, 0.1) is 0 Å². The number of nitrogens with one attached hydrogen (secondary N) is 1. The van der Waals surface area contributed by atoms with Crippen molar-refractivity contribution < 1.29 is 9.90 Å². The maximum atomic E-state index is 11.8. The van der Waals surface area contributed by atoms with Crippen molar-refractivity contribution in [2.24, 2.45) is 5.10 Å². The lowest BCUT2D eigenvalue weighted by Gasteiger charge is -2.01. The first kappa shape index (κ1) is 13.8. The first-order chi connectivity index (χ1) is 9.69. The zero-order chi connectivity index (χ0) is 14.4. The van der Waals surface area contributed by atoms with Crippen molar-refractivity contribution in [3.8, 4) is 5.75 Å². The zero-order valence-corrected chi connectivity index (χ0v) is 11.2. The number of hydrogen-bond acceptors (Lipinski definition) is 3. The van der Waals surface area contributed by atoms with Crippen molar-refractivity contribution in [2.45, 2.75) is 13.3 Å². The van der Waals surface area contributed by atoms with E-state index in [4.69, 9.17) is 5.11 Å². The number of hydrogen-bond donors (Lipinski definition) is 2. The Morgan fingerprint density at radius 1 is 1.15 bits per heavy atom. The standard InChI is InChI=1S/C16H16N2O2/c1-2-12-3-7-14(8-4-12)16(20)18-17-11-13-5-9-15(19)10-6-13/h3-11,19H,2H2,1H3,(H,18,20)/b17-11+. The average molecular weight is 268 g/mol. The molecule has 0 radical (unpaired) electrons. The predicted molar refractivity (Wildman–Crippen MR) is 79.0 cm³/mol. The third kappa shape index (κ3) is 3.68. The molecule has 20 heavy (non-hydrogen) atoms. The van der Waals surface area contributed by atoms with Crippen LogP contribution in [0.4, 0.5) is 0 Å². The van der Waals surface area contributed by atoms with Gasteiger partial charge in [0, 0.05) is 5.56 Å². The van der Waals surface area contributed by atoms with Gasteiger partial charge in [-0.15, -0.1) is 0 Å². The second-order valence-corrected chi connectivity index (χ2v) is 4.34. The molecule has 4 heteroatoms. The Bertz CT molecular complexity index is 601. The molecule has 0 aliphatic rings. The van der Waals surface area contributed by atoms with Gasteiger partial charge in [0.15, 0.2) is 0 Å². The fourth-order valence-electron chi connectivity index (χ4n) is 1.68. The van der Waals surface area contributed by atoms with Gasteiger partial charge in [0.25, 0.3) is 5.91 Å². The molecule has 0 saturated carbocycles. The lowest BCUT2D eigenvalue weighted by molar-refractivity contribution is 0.0955. The minimum absolute atomic E-state index is 0.196. The summed E-state index contributed by atoms with van der Waals surface area (Å²) in [6, 6.07) is 14.0. The van der Waals surface area contributed by atoms with E-state index in [0.717, 1.165) is 12.0 Å². The predicted octanol–water partition coefficient (Wildman–Crippen LogP) is 2.72. The summed E-state index contributed by atoms with van der Waals surface area (Å²) in [4.78, 5) is 11.8. The molecule has 2 N–H and O–H groups in total. The van der Waals surface area contributed by atoms with Crippen molar-refractivity contribution in [3.63, 3.8) is 0 Å². The fourth-order valence-corrected chi connectivity index (χ4v) is 1.68. The van der Waals surface area contributed by atoms with Crippen molar-refractivity contribution in [1.29, 1.82) is 0 Å². The molecule has 102 valence electrons. The van der Waals surface area contributed by atoms with Crippen LogP contribution in [0.25, 0.3) is 0 Å². The number of rotatable bonds is 4. The van der Waals surface area contributed by atoms with E-state index in [1.54, 1.807) is 36.4 Å². The van der Waals surface area contributed by atoms with Crippen LogP contribution in [0.15, 0.2) is 53.6 Å². The smallest absolute Gasteiger partial charge is 0.271 e. The number of aromatic hydroxyl groups is 1. The van der Waals surface area contributed by atoms with Crippen LogP contribution in [-0.4, -0.2) is 17.2 Å². The van der Waals surface area contributed by atoms with Crippen LogP contribution in [0.3, 0.4) is 0 Å². The minimum Gasteiger partial charge on any atom is -0.508 e. The van der Waals surface area contributed by atoms with Gasteiger partial charge in [-0.25, -0.2) is 5.43 Å². The highest BCUT2D eigenvalue weighted by Gasteiger charge is 2.03. The Balaban J connectivity index is 1.95. The summed E-state index contributed by atoms with van der Waals surface area (Å²) in [7, 11) is 0. The van der Waals surface area contributed by atoms with E-state index in [1.807, 2.05) is 12.1 Å². The lowest BCUT2D eigenvalue weighted by Crippen LogP contribution is -2.17. The summed E-state index contributed by atoms with van der Waals surface area (Å²) in [6.07, 6.45) is 2.47. The third-order valence-corrected chi connectivity index (χ3v) is 2.90. The highest BCUT2D eigenvalue weighted by Crippen LogP contribution is 2.08. The summed E-state index contributed by atoms with van der Waals surface area (Å²) in [5.74, 6) is -0.0510. The summed E-state index contributed by atoms with van der Waals surface area (Å²) >= 11 is 0. The molecule has 0 unspecified atom stereocenters. The molecule has 0 aliphatic carbocycles. The monoisotopic (exact) mass is 268 g/mol. The summed E-state index contributed by atoms with van der Waals surface area (Å²) in [5.41, 5.74) is 5.03. The molecule has 0 aromatic heterocycles. The van der Waals surface area contributed by atoms with E-state index in [-0.39, 0.29) is 11.7 Å². The van der Waals surface area contributed by atoms with Gasteiger partial charge >= 0.3 is 0 Å². The molecule has 2 rings (SSSR count). The molecule has 4 nitrogen and oxygen atoms in total. The van der Waals surface area contributed by atoms with E-state index in [0.29, 0.717) is 5.56 Å². The summed E-state index contributed by atoms with van der Waals surface area (Å²) in [6.45, 7) is 2.07. The van der Waals surface area contributed by atoms with Crippen LogP contribution in [0.2, 0.25) is 0 Å². The van der Waals surface area contributed by atoms with Gasteiger partial charge in [0.1, 0.15) is 5.75 Å². The highest BCUT2D eigenvalue weighted by atomic mass is 16.3. The molecule has 2 aromatic carbocycles. The molecule has 0 spiro atoms. The Hall–Kier alpha value is -2.62. The quantitative estimate of drug-likeness (QED) is 0.661. The van der Waals surface area contributed by atoms with E-state index in [9.17, 15) is 4.79 Å². The van der Waals surface area contributed by atoms with E-state index < -0.39 is 0 Å². The second kappa shape index (κ2) is 6.52. The number of benzene rings is 2. The largest absolute Gasteiger partial charge is 0.508 e. The van der Waals surface area contributed by atoms with E-state index in [1.165, 1.54) is 11.8 Å². The third-order valence-electron chi connectivity index (χ3n) is 2.90. The molecular weight excluding hydrogens is 252 g/mol. The summed E-state index contributed by atoms with van der Waals surface area (Å²) < 4.78 is 0. The first-order valence-corrected chi connectivity index (χ1v) is 6.40. The van der Waals surface area contributed by atoms with Gasteiger partial charge in [-0.1, -0.05) is 19.1 Å². The Morgan fingerprint density at radius 2 is 1.80 bits per heavy atom. The number of hydrazone groups is 1. The van der Waals surface area contributed by atoms with Crippen LogP contribution in [-0.2, 0) is 6.42 Å². The topological polar surface area (TPSA) is 61.7 Å². The van der Waals surface area contributed by atoms with Crippen LogP contribution >= 0.6 is 0 Å². The Kier molecular flexibility index (Phi) is 4.50. The van der Waals surface area contributed by atoms with Gasteiger partial charge < -0.3 is 5.11 Å². The number of nitrogens with zero attached hydrogens (tertiary/aromatic N) is 1. The van der Waals surface area contributed by atoms with Crippen molar-refractivity contribution in [2.75, 3.05) is 0 Å². The molecule has 0 aliphatic heterocycles. The van der Waals surface area contributed by atoms with Gasteiger partial charge in [-0.3, -0.25) is 4.79 Å². The van der Waals surface area contributed by atoms with Gasteiger partial charge in [-0.2, -0.15) is 5.10 Å². The van der Waals surface area contributed by atoms with Gasteiger partial charge in [0.2, 0.25) is 0 Å². The zero-order valence-electron chi connectivity index (χ0n) is 11.2. The van der Waals surface area contributed by atoms with Crippen LogP contribution in [0.5, 0.6) is 5.75 Å². The Labute approximate surface area is 117 Å². The molecule has 2 aromatic rings. The lowest BCUT2D eigenvalue weighted by atomic mass is 10.1. The molecule has 0 atom stereocenters. The normalized spacial score (nSPS) is 10.7. The highest BCUT2D eigenvalue weighted by molar-refractivity contribution is 5.94. The maximum absolute atomic E-state index is 11.8. The SMILES string of the molecule is CCc1ccc(C(=O)N/N=C/c2ccc(O)cc2)cc1. The minimum atomic E-state index is -0.248. The maximum Gasteiger partial charge on any atom is 0.271 e. The number of phenolic OH excluding ortho intramolecular Hbond substituents is 1. The van der Waals surface area contributed by atoms with E-state index >= 15 is 0 Å². The second-order valence-electron chi connectivity index (χ2n) is 4.34. The van der Waals surface area contributed by atoms with Crippen molar-refractivity contribution in [1.82, 2.24) is 5.43 Å². The molecule has 0 heterocycles. The van der Waals surface area contributed by atoms with Crippen LogP contribution < -0.4 is 5.43 Å². The van der Waals surface area contributed by atoms with Gasteiger partial charge in [-0.05, 0) is 53.9 Å². The molecule has 1 amide bonds. The van der Waals surface area contributed by atoms with Crippen molar-refractivity contribution in [3.05, 3.63) is 65.2 Å². The molecule has 0 saturated heterocycles. The number of amides is 1. The summed E-state index contributed by atoms with van der Waals surface area (Å²) in [5, 5.41) is 13.0. The van der Waals surface area contributed by atoms with E-state index in [2.05, 4.69) is 17.5 Å². The van der Waals surface area contributed by atoms with Gasteiger partial charge in [0.05, 0.1) is 6.21 Å². The number of carbonyl (C=O) groups excluding carboxylic acids is 1. The average Bonchev–Trinajstić information content (AvgIpc) is 2.49. The number of aryl methyl sites for hydroxylation is 1. The van der Waals surface area contributed by atoms with Crippen molar-refractivity contribution >= 4 is 12.1 Å². The van der Waals surface area contributed by atoms with Crippen LogP contribution in [0.1, 0.15) is 28.4 Å². The molecule has 0 fully saturated rings. The molecule has 0 bridgehead atoms. The first-order valence-electron chi connectivity index (χ1n) is 6.40. The Morgan fingerprint density at radius 3 is 2.40 bits per heavy atom. The number of phenols is 1. The fraction of sp³-hybridized carbons (Fsp3) is 0.125. The molecular formula is C16H16N2O2. The number of carbonyl (C=O) groups is 1.